The first-order valence-electron chi connectivity index (χ1n) is 8.69. The van der Waals surface area contributed by atoms with Crippen LogP contribution in [0, 0.1) is 0 Å². The maximum absolute atomic E-state index is 12.9. The van der Waals surface area contributed by atoms with E-state index in [0.717, 1.165) is 41.6 Å². The average molecular weight is 335 g/mol. The second-order valence-electron chi connectivity index (χ2n) is 6.40. The third kappa shape index (κ3) is 2.86. The third-order valence-electron chi connectivity index (χ3n) is 4.87. The van der Waals surface area contributed by atoms with Crippen molar-refractivity contribution in [1.29, 1.82) is 0 Å². The van der Waals surface area contributed by atoms with Gasteiger partial charge in [-0.2, -0.15) is 0 Å². The minimum absolute atomic E-state index is 0.107. The fourth-order valence-electron chi connectivity index (χ4n) is 3.66. The maximum atomic E-state index is 12.9. The highest BCUT2D eigenvalue weighted by molar-refractivity contribution is 6.14. The molecule has 2 aromatic heterocycles. The summed E-state index contributed by atoms with van der Waals surface area (Å²) in [7, 11) is 1.66. The summed E-state index contributed by atoms with van der Waals surface area (Å²) in [5.41, 5.74) is 4.87. The van der Waals surface area contributed by atoms with E-state index in [-0.39, 0.29) is 5.91 Å². The number of methoxy groups -OCH3 is 1. The van der Waals surface area contributed by atoms with Gasteiger partial charge in [0.05, 0.1) is 12.6 Å². The van der Waals surface area contributed by atoms with Crippen LogP contribution in [0.25, 0.3) is 10.9 Å². The van der Waals surface area contributed by atoms with Gasteiger partial charge in [0, 0.05) is 34.7 Å². The van der Waals surface area contributed by atoms with Crippen molar-refractivity contribution in [3.8, 4) is 5.75 Å². The minimum atomic E-state index is -0.107. The topological polar surface area (TPSA) is 67.0 Å². The summed E-state index contributed by atoms with van der Waals surface area (Å²) in [4.78, 5) is 20.4. The van der Waals surface area contributed by atoms with E-state index < -0.39 is 0 Å². The van der Waals surface area contributed by atoms with Crippen LogP contribution in [-0.4, -0.2) is 23.0 Å². The first kappa shape index (κ1) is 15.7. The molecule has 1 aliphatic rings. The minimum Gasteiger partial charge on any atom is -0.495 e. The maximum Gasteiger partial charge on any atom is 0.256 e. The van der Waals surface area contributed by atoms with Gasteiger partial charge in [-0.25, -0.2) is 0 Å². The van der Waals surface area contributed by atoms with Crippen LogP contribution >= 0.6 is 0 Å². The average Bonchev–Trinajstić information content (AvgIpc) is 2.84. The molecule has 4 rings (SSSR count). The molecule has 5 nitrogen and oxygen atoms in total. The van der Waals surface area contributed by atoms with E-state index in [2.05, 4.69) is 15.3 Å². The van der Waals surface area contributed by atoms with Gasteiger partial charge in [-0.15, -0.1) is 0 Å². The molecule has 3 aromatic rings. The van der Waals surface area contributed by atoms with Crippen LogP contribution < -0.4 is 10.1 Å². The summed E-state index contributed by atoms with van der Waals surface area (Å²) >= 11 is 0. The zero-order valence-corrected chi connectivity index (χ0v) is 14.3. The molecule has 128 valence electrons. The SMILES string of the molecule is COc1ccc(C(=O)Nc2ccncc2)c2c3c([nH]c12)CCCCC3. The number of fused-ring (bicyclic) bond motifs is 3. The number of ether oxygens (including phenoxy) is 1. The number of amides is 1. The molecule has 0 unspecified atom stereocenters. The van der Waals surface area contributed by atoms with Gasteiger partial charge in [-0.3, -0.25) is 9.78 Å². The van der Waals surface area contributed by atoms with Crippen molar-refractivity contribution in [2.45, 2.75) is 32.1 Å². The molecule has 0 saturated heterocycles. The number of nitrogens with one attached hydrogen (secondary N) is 2. The Morgan fingerprint density at radius 2 is 1.92 bits per heavy atom. The normalized spacial score (nSPS) is 14.0. The molecule has 1 aliphatic carbocycles. The van der Waals surface area contributed by atoms with Crippen LogP contribution in [0.15, 0.2) is 36.7 Å². The summed E-state index contributed by atoms with van der Waals surface area (Å²) in [5.74, 6) is 0.674. The van der Waals surface area contributed by atoms with Gasteiger partial charge in [0.1, 0.15) is 5.75 Å². The Balaban J connectivity index is 1.83. The second kappa shape index (κ2) is 6.59. The number of nitrogens with zero attached hydrogens (tertiary/aromatic N) is 1. The highest BCUT2D eigenvalue weighted by atomic mass is 16.5. The molecule has 0 aliphatic heterocycles. The van der Waals surface area contributed by atoms with Gasteiger partial charge in [-0.1, -0.05) is 6.42 Å². The van der Waals surface area contributed by atoms with Crippen molar-refractivity contribution in [3.63, 3.8) is 0 Å². The number of aromatic amines is 1. The summed E-state index contributed by atoms with van der Waals surface area (Å²) in [5, 5.41) is 3.97. The van der Waals surface area contributed by atoms with Crippen molar-refractivity contribution in [2.24, 2.45) is 0 Å². The second-order valence-corrected chi connectivity index (χ2v) is 6.40. The Kier molecular flexibility index (Phi) is 4.14. The standard InChI is InChI=1S/C20H21N3O2/c1-25-17-8-7-15(20(24)22-13-9-11-21-12-10-13)18-14-5-3-2-4-6-16(14)23-19(17)18/h7-12,23H,2-6H2,1H3,(H,21,22,24). The number of aryl methyl sites for hydroxylation is 2. The molecule has 0 saturated carbocycles. The van der Waals surface area contributed by atoms with Gasteiger partial charge in [0.15, 0.2) is 0 Å². The van der Waals surface area contributed by atoms with Gasteiger partial charge >= 0.3 is 0 Å². The Bertz CT molecular complexity index is 916. The Hall–Kier alpha value is -2.82. The summed E-state index contributed by atoms with van der Waals surface area (Å²) in [6, 6.07) is 7.29. The van der Waals surface area contributed by atoms with Gasteiger partial charge < -0.3 is 15.0 Å². The monoisotopic (exact) mass is 335 g/mol. The molecule has 0 fully saturated rings. The number of anilines is 1. The molecule has 2 N–H and O–H groups in total. The smallest absolute Gasteiger partial charge is 0.256 e. The molecule has 0 bridgehead atoms. The van der Waals surface area contributed by atoms with Crippen LogP contribution in [0.3, 0.4) is 0 Å². The summed E-state index contributed by atoms with van der Waals surface area (Å²) in [6.45, 7) is 0. The number of hydrogen-bond donors (Lipinski definition) is 2. The quantitative estimate of drug-likeness (QED) is 0.708. The van der Waals surface area contributed by atoms with Crippen LogP contribution in [0.4, 0.5) is 5.69 Å². The fourth-order valence-corrected chi connectivity index (χ4v) is 3.66. The molecule has 1 aromatic carbocycles. The van der Waals surface area contributed by atoms with Crippen LogP contribution in [-0.2, 0) is 12.8 Å². The van der Waals surface area contributed by atoms with Crippen molar-refractivity contribution in [3.05, 3.63) is 53.5 Å². The van der Waals surface area contributed by atoms with Gasteiger partial charge in [-0.05, 0) is 55.5 Å². The molecule has 2 heterocycles. The van der Waals surface area contributed by atoms with Crippen LogP contribution in [0.5, 0.6) is 5.75 Å². The number of H-pyrrole nitrogens is 1. The summed E-state index contributed by atoms with van der Waals surface area (Å²) in [6.07, 6.45) is 8.93. The molecule has 0 radical (unpaired) electrons. The zero-order chi connectivity index (χ0) is 17.2. The number of aromatic nitrogens is 2. The third-order valence-corrected chi connectivity index (χ3v) is 4.87. The van der Waals surface area contributed by atoms with E-state index in [9.17, 15) is 4.79 Å². The van der Waals surface area contributed by atoms with Crippen LogP contribution in [0.1, 0.15) is 40.9 Å². The number of pyridine rings is 1. The highest BCUT2D eigenvalue weighted by Crippen LogP contribution is 2.36. The van der Waals surface area contributed by atoms with E-state index in [4.69, 9.17) is 4.74 Å². The lowest BCUT2D eigenvalue weighted by atomic mass is 10.0. The lowest BCUT2D eigenvalue weighted by molar-refractivity contribution is 0.102. The van der Waals surface area contributed by atoms with Crippen LogP contribution in [0.2, 0.25) is 0 Å². The Morgan fingerprint density at radius 3 is 2.72 bits per heavy atom. The van der Waals surface area contributed by atoms with E-state index in [1.54, 1.807) is 31.6 Å². The van der Waals surface area contributed by atoms with E-state index >= 15 is 0 Å². The molecular formula is C20H21N3O2. The largest absolute Gasteiger partial charge is 0.495 e. The van der Waals surface area contributed by atoms with E-state index in [0.29, 0.717) is 5.56 Å². The number of carbonyl (C=O) groups excluding carboxylic acids is 1. The van der Waals surface area contributed by atoms with E-state index in [1.165, 1.54) is 24.1 Å². The lowest BCUT2D eigenvalue weighted by Gasteiger charge is -2.10. The number of rotatable bonds is 3. The molecule has 0 spiro atoms. The molecular weight excluding hydrogens is 314 g/mol. The van der Waals surface area contributed by atoms with E-state index in [1.807, 2.05) is 12.1 Å². The Labute approximate surface area is 146 Å². The summed E-state index contributed by atoms with van der Waals surface area (Å²) < 4.78 is 5.52. The zero-order valence-electron chi connectivity index (χ0n) is 14.3. The Morgan fingerprint density at radius 1 is 1.12 bits per heavy atom. The van der Waals surface area contributed by atoms with Crippen molar-refractivity contribution in [2.75, 3.05) is 12.4 Å². The molecule has 1 amide bonds. The highest BCUT2D eigenvalue weighted by Gasteiger charge is 2.22. The molecule has 0 atom stereocenters. The first-order chi connectivity index (χ1) is 12.3. The van der Waals surface area contributed by atoms with Gasteiger partial charge in [0.2, 0.25) is 0 Å². The molecule has 5 heteroatoms. The number of carbonyl (C=O) groups is 1. The predicted octanol–water partition coefficient (Wildman–Crippen LogP) is 4.09. The van der Waals surface area contributed by atoms with Crippen molar-refractivity contribution < 1.29 is 9.53 Å². The first-order valence-corrected chi connectivity index (χ1v) is 8.69. The predicted molar refractivity (Wildman–Crippen MR) is 98.3 cm³/mol. The fraction of sp³-hybridized carbons (Fsp3) is 0.300. The molecule has 25 heavy (non-hydrogen) atoms. The van der Waals surface area contributed by atoms with Crippen molar-refractivity contribution in [1.82, 2.24) is 9.97 Å². The number of benzene rings is 1. The van der Waals surface area contributed by atoms with Gasteiger partial charge in [0.25, 0.3) is 5.91 Å². The number of hydrogen-bond acceptors (Lipinski definition) is 3. The lowest BCUT2D eigenvalue weighted by Crippen LogP contribution is -2.12. The van der Waals surface area contributed by atoms with Crippen molar-refractivity contribution >= 4 is 22.5 Å².